The number of hydrogen-bond donors (Lipinski definition) is 3. The van der Waals surface area contributed by atoms with Crippen molar-refractivity contribution in [1.82, 2.24) is 35.1 Å². The third-order valence-corrected chi connectivity index (χ3v) is 6.66. The van der Waals surface area contributed by atoms with Gasteiger partial charge in [-0.05, 0) is 47.5 Å². The van der Waals surface area contributed by atoms with Crippen LogP contribution in [-0.4, -0.2) is 41.0 Å². The minimum Gasteiger partial charge on any atom is -0.336 e. The number of aromatic amines is 2. The van der Waals surface area contributed by atoms with Crippen molar-refractivity contribution in [2.75, 3.05) is 5.32 Å². The van der Waals surface area contributed by atoms with E-state index in [1.807, 2.05) is 78.9 Å². The van der Waals surface area contributed by atoms with Crippen LogP contribution < -0.4 is 5.32 Å². The van der Waals surface area contributed by atoms with Gasteiger partial charge in [-0.3, -0.25) is 19.9 Å². The molecule has 2 aromatic carbocycles. The SMILES string of the molecule is O=C(Cc1ccccc1)Nc1cncc(-c2ccc3[nH]nc(-c4nc5c(-c6ccncc6)cccc5[nH]4)c3n2)c1. The van der Waals surface area contributed by atoms with Gasteiger partial charge in [-0.15, -0.1) is 0 Å². The fourth-order valence-electron chi connectivity index (χ4n) is 4.77. The molecule has 0 aliphatic rings. The lowest BCUT2D eigenvalue weighted by Gasteiger charge is -2.07. The predicted molar refractivity (Wildman–Crippen MR) is 154 cm³/mol. The molecule has 0 saturated heterocycles. The molecule has 0 bridgehead atoms. The van der Waals surface area contributed by atoms with Gasteiger partial charge in [-0.2, -0.15) is 5.10 Å². The standard InChI is InChI=1S/C31H22N8O/c40-27(15-19-5-2-1-3-6-19)34-22-16-21(17-33-18-22)24-9-10-26-29(35-24)30(39-38-26)31-36-25-8-4-7-23(28(25)37-31)20-11-13-32-14-12-20/h1-14,16-18H,15H2,(H,34,40)(H,36,37)(H,38,39). The number of rotatable bonds is 6. The summed E-state index contributed by atoms with van der Waals surface area (Å²) in [5.74, 6) is 0.508. The first kappa shape index (κ1) is 23.4. The monoisotopic (exact) mass is 522 g/mol. The lowest BCUT2D eigenvalue weighted by Crippen LogP contribution is -2.14. The molecule has 0 fully saturated rings. The van der Waals surface area contributed by atoms with Crippen molar-refractivity contribution in [2.24, 2.45) is 0 Å². The molecule has 9 nitrogen and oxygen atoms in total. The Hall–Kier alpha value is -5.70. The molecule has 0 aliphatic carbocycles. The Labute approximate surface area is 228 Å². The average Bonchev–Trinajstić information content (AvgIpc) is 3.62. The number of benzene rings is 2. The summed E-state index contributed by atoms with van der Waals surface area (Å²) in [6, 6.07) is 25.3. The zero-order chi connectivity index (χ0) is 26.9. The molecule has 192 valence electrons. The van der Waals surface area contributed by atoms with Crippen molar-refractivity contribution in [3.63, 3.8) is 0 Å². The van der Waals surface area contributed by atoms with Gasteiger partial charge in [-0.1, -0.05) is 42.5 Å². The largest absolute Gasteiger partial charge is 0.336 e. The number of H-pyrrole nitrogens is 2. The fraction of sp³-hybridized carbons (Fsp3) is 0.0323. The maximum Gasteiger partial charge on any atom is 0.228 e. The molecule has 0 spiro atoms. The number of fused-ring (bicyclic) bond motifs is 2. The summed E-state index contributed by atoms with van der Waals surface area (Å²) >= 11 is 0. The third-order valence-electron chi connectivity index (χ3n) is 6.66. The number of carbonyl (C=O) groups is 1. The summed E-state index contributed by atoms with van der Waals surface area (Å²) < 4.78 is 0. The molecule has 0 saturated carbocycles. The normalized spacial score (nSPS) is 11.2. The van der Waals surface area contributed by atoms with E-state index < -0.39 is 0 Å². The molecule has 5 aromatic heterocycles. The van der Waals surface area contributed by atoms with Crippen LogP contribution in [0.15, 0.2) is 104 Å². The number of nitrogens with one attached hydrogen (secondary N) is 3. The van der Waals surface area contributed by atoms with Gasteiger partial charge >= 0.3 is 0 Å². The van der Waals surface area contributed by atoms with Crippen LogP contribution in [0, 0.1) is 0 Å². The van der Waals surface area contributed by atoms with Crippen LogP contribution >= 0.6 is 0 Å². The van der Waals surface area contributed by atoms with E-state index in [1.54, 1.807) is 24.8 Å². The lowest BCUT2D eigenvalue weighted by molar-refractivity contribution is -0.115. The maximum absolute atomic E-state index is 12.6. The van der Waals surface area contributed by atoms with Crippen molar-refractivity contribution >= 4 is 33.7 Å². The first-order valence-electron chi connectivity index (χ1n) is 12.7. The van der Waals surface area contributed by atoms with Crippen LogP contribution in [0.5, 0.6) is 0 Å². The van der Waals surface area contributed by atoms with Crippen molar-refractivity contribution in [2.45, 2.75) is 6.42 Å². The lowest BCUT2D eigenvalue weighted by atomic mass is 10.1. The summed E-state index contributed by atoms with van der Waals surface area (Å²) in [4.78, 5) is 34.3. The molecule has 3 N–H and O–H groups in total. The zero-order valence-electron chi connectivity index (χ0n) is 21.2. The minimum atomic E-state index is -0.110. The van der Waals surface area contributed by atoms with Gasteiger partial charge in [0, 0.05) is 29.7 Å². The number of amides is 1. The Morgan fingerprint density at radius 1 is 0.775 bits per heavy atom. The molecule has 5 heterocycles. The second kappa shape index (κ2) is 9.88. The summed E-state index contributed by atoms with van der Waals surface area (Å²) in [5.41, 5.74) is 8.91. The molecular weight excluding hydrogens is 500 g/mol. The highest BCUT2D eigenvalue weighted by Crippen LogP contribution is 2.31. The summed E-state index contributed by atoms with van der Waals surface area (Å²) in [6.07, 6.45) is 7.18. The molecule has 0 atom stereocenters. The van der Waals surface area contributed by atoms with E-state index in [-0.39, 0.29) is 12.3 Å². The van der Waals surface area contributed by atoms with Crippen molar-refractivity contribution in [3.05, 3.63) is 109 Å². The highest BCUT2D eigenvalue weighted by Gasteiger charge is 2.17. The minimum absolute atomic E-state index is 0.110. The second-order valence-corrected chi connectivity index (χ2v) is 9.36. The molecule has 9 heteroatoms. The number of imidazole rings is 1. The molecular formula is C31H22N8O. The summed E-state index contributed by atoms with van der Waals surface area (Å²) in [6.45, 7) is 0. The van der Waals surface area contributed by atoms with Crippen molar-refractivity contribution in [3.8, 4) is 33.9 Å². The Morgan fingerprint density at radius 3 is 2.52 bits per heavy atom. The average molecular weight is 523 g/mol. The smallest absolute Gasteiger partial charge is 0.228 e. The number of para-hydroxylation sites is 1. The Kier molecular flexibility index (Phi) is 5.78. The number of hydrogen-bond acceptors (Lipinski definition) is 6. The fourth-order valence-corrected chi connectivity index (χ4v) is 4.77. The van der Waals surface area contributed by atoms with Gasteiger partial charge in [0.25, 0.3) is 0 Å². The molecule has 1 amide bonds. The van der Waals surface area contributed by atoms with E-state index in [9.17, 15) is 4.79 Å². The quantitative estimate of drug-likeness (QED) is 0.253. The topological polar surface area (TPSA) is 125 Å². The van der Waals surface area contributed by atoms with Crippen LogP contribution in [0.2, 0.25) is 0 Å². The molecule has 7 aromatic rings. The van der Waals surface area contributed by atoms with Gasteiger partial charge in [0.05, 0.1) is 40.5 Å². The molecule has 0 unspecified atom stereocenters. The van der Waals surface area contributed by atoms with E-state index in [0.29, 0.717) is 28.4 Å². The maximum atomic E-state index is 12.6. The van der Waals surface area contributed by atoms with Gasteiger partial charge in [0.2, 0.25) is 5.91 Å². The van der Waals surface area contributed by atoms with E-state index in [2.05, 4.69) is 30.5 Å². The van der Waals surface area contributed by atoms with Gasteiger partial charge in [0.1, 0.15) is 5.52 Å². The Morgan fingerprint density at radius 2 is 1.65 bits per heavy atom. The van der Waals surface area contributed by atoms with Crippen LogP contribution in [0.4, 0.5) is 5.69 Å². The van der Waals surface area contributed by atoms with Crippen molar-refractivity contribution < 1.29 is 4.79 Å². The van der Waals surface area contributed by atoms with E-state index in [0.717, 1.165) is 38.8 Å². The summed E-state index contributed by atoms with van der Waals surface area (Å²) in [5, 5.41) is 10.5. The first-order valence-corrected chi connectivity index (χ1v) is 12.7. The predicted octanol–water partition coefficient (Wildman–Crippen LogP) is 5.81. The van der Waals surface area contributed by atoms with E-state index >= 15 is 0 Å². The van der Waals surface area contributed by atoms with Crippen LogP contribution in [0.25, 0.3) is 56.0 Å². The first-order chi connectivity index (χ1) is 19.7. The molecule has 0 radical (unpaired) electrons. The third kappa shape index (κ3) is 4.45. The second-order valence-electron chi connectivity index (χ2n) is 9.36. The van der Waals surface area contributed by atoms with Gasteiger partial charge in [0.15, 0.2) is 11.5 Å². The van der Waals surface area contributed by atoms with Crippen LogP contribution in [0.3, 0.4) is 0 Å². The van der Waals surface area contributed by atoms with Gasteiger partial charge < -0.3 is 10.3 Å². The number of pyridine rings is 3. The molecule has 40 heavy (non-hydrogen) atoms. The number of anilines is 1. The highest BCUT2D eigenvalue weighted by molar-refractivity contribution is 5.96. The van der Waals surface area contributed by atoms with Crippen LogP contribution in [0.1, 0.15) is 5.56 Å². The number of carbonyl (C=O) groups excluding carboxylic acids is 1. The van der Waals surface area contributed by atoms with Crippen LogP contribution in [-0.2, 0) is 11.2 Å². The van der Waals surface area contributed by atoms with Crippen molar-refractivity contribution in [1.29, 1.82) is 0 Å². The molecule has 7 rings (SSSR count). The zero-order valence-corrected chi connectivity index (χ0v) is 21.2. The Balaban J connectivity index is 1.21. The van der Waals surface area contributed by atoms with E-state index in [1.165, 1.54) is 0 Å². The Bertz CT molecular complexity index is 1980. The summed E-state index contributed by atoms with van der Waals surface area (Å²) in [7, 11) is 0. The number of nitrogens with zero attached hydrogens (tertiary/aromatic N) is 5. The highest BCUT2D eigenvalue weighted by atomic mass is 16.1. The molecule has 0 aliphatic heterocycles. The van der Waals surface area contributed by atoms with E-state index in [4.69, 9.17) is 9.97 Å². The number of aromatic nitrogens is 7. The van der Waals surface area contributed by atoms with Gasteiger partial charge in [-0.25, -0.2) is 9.97 Å².